The second kappa shape index (κ2) is 5.86. The number of carboxylic acids is 1. The predicted molar refractivity (Wildman–Crippen MR) is 68.6 cm³/mol. The van der Waals surface area contributed by atoms with Crippen molar-refractivity contribution in [1.82, 2.24) is 4.98 Å². The van der Waals surface area contributed by atoms with Crippen LogP contribution in [0.4, 0.5) is 0 Å². The smallest absolute Gasteiger partial charge is 0.307 e. The Hall–Kier alpha value is -2.56. The van der Waals surface area contributed by atoms with E-state index >= 15 is 0 Å². The molecule has 0 bridgehead atoms. The first-order valence-corrected chi connectivity index (χ1v) is 5.67. The summed E-state index contributed by atoms with van der Waals surface area (Å²) < 4.78 is 10.6. The average molecular weight is 259 g/mol. The second-order valence-electron chi connectivity index (χ2n) is 3.84. The maximum absolute atomic E-state index is 10.7. The Balaban J connectivity index is 2.15. The van der Waals surface area contributed by atoms with Gasteiger partial charge >= 0.3 is 5.97 Å². The molecule has 5 heteroatoms. The first-order chi connectivity index (χ1) is 9.17. The quantitative estimate of drug-likeness (QED) is 0.893. The number of benzene rings is 1. The van der Waals surface area contributed by atoms with Gasteiger partial charge in [0.1, 0.15) is 5.75 Å². The first-order valence-electron chi connectivity index (χ1n) is 5.67. The van der Waals surface area contributed by atoms with Crippen molar-refractivity contribution in [2.45, 2.75) is 6.42 Å². The molecule has 0 saturated carbocycles. The van der Waals surface area contributed by atoms with Gasteiger partial charge in [-0.05, 0) is 17.7 Å². The van der Waals surface area contributed by atoms with Crippen LogP contribution in [0.2, 0.25) is 0 Å². The van der Waals surface area contributed by atoms with Gasteiger partial charge in [-0.2, -0.15) is 4.98 Å². The third kappa shape index (κ3) is 3.70. The highest BCUT2D eigenvalue weighted by molar-refractivity contribution is 5.70. The molecule has 0 aliphatic carbocycles. The van der Waals surface area contributed by atoms with Crippen LogP contribution in [0.25, 0.3) is 0 Å². The third-order valence-electron chi connectivity index (χ3n) is 2.38. The maximum Gasteiger partial charge on any atom is 0.307 e. The van der Waals surface area contributed by atoms with Crippen LogP contribution in [0, 0.1) is 0 Å². The highest BCUT2D eigenvalue weighted by atomic mass is 16.5. The van der Waals surface area contributed by atoms with Crippen molar-refractivity contribution in [2.24, 2.45) is 0 Å². The number of nitrogens with zero attached hydrogens (tertiary/aromatic N) is 1. The van der Waals surface area contributed by atoms with E-state index in [4.69, 9.17) is 14.6 Å². The Labute approximate surface area is 110 Å². The van der Waals surface area contributed by atoms with E-state index in [9.17, 15) is 4.79 Å². The molecule has 0 unspecified atom stereocenters. The van der Waals surface area contributed by atoms with Crippen LogP contribution in [0.15, 0.2) is 42.5 Å². The SMILES string of the molecule is COc1cccc(Oc2cccc(CC(=O)O)c2)n1. The zero-order valence-corrected chi connectivity index (χ0v) is 10.4. The van der Waals surface area contributed by atoms with Crippen molar-refractivity contribution < 1.29 is 19.4 Å². The van der Waals surface area contributed by atoms with Gasteiger partial charge in [-0.3, -0.25) is 4.79 Å². The molecule has 1 N–H and O–H groups in total. The Morgan fingerprint density at radius 3 is 2.68 bits per heavy atom. The highest BCUT2D eigenvalue weighted by Crippen LogP contribution is 2.22. The van der Waals surface area contributed by atoms with Gasteiger partial charge in [-0.1, -0.05) is 18.2 Å². The fourth-order valence-corrected chi connectivity index (χ4v) is 1.58. The molecule has 0 spiro atoms. The summed E-state index contributed by atoms with van der Waals surface area (Å²) in [7, 11) is 1.53. The minimum atomic E-state index is -0.878. The van der Waals surface area contributed by atoms with Gasteiger partial charge in [0.2, 0.25) is 11.8 Å². The number of carbonyl (C=O) groups is 1. The Kier molecular flexibility index (Phi) is 3.97. The molecule has 1 aromatic carbocycles. The molecule has 0 aliphatic heterocycles. The lowest BCUT2D eigenvalue weighted by Gasteiger charge is -2.07. The number of aliphatic carboxylic acids is 1. The number of hydrogen-bond donors (Lipinski definition) is 1. The van der Waals surface area contributed by atoms with Gasteiger partial charge in [-0.15, -0.1) is 0 Å². The number of ether oxygens (including phenoxy) is 2. The highest BCUT2D eigenvalue weighted by Gasteiger charge is 2.04. The largest absolute Gasteiger partial charge is 0.481 e. The number of carboxylic acid groups (broad SMARTS) is 1. The van der Waals surface area contributed by atoms with E-state index in [1.54, 1.807) is 42.5 Å². The van der Waals surface area contributed by atoms with Gasteiger partial charge in [0.25, 0.3) is 0 Å². The normalized spacial score (nSPS) is 9.95. The molecule has 1 aromatic heterocycles. The standard InChI is InChI=1S/C14H13NO4/c1-18-12-6-3-7-13(15-12)19-11-5-2-4-10(8-11)9-14(16)17/h2-8H,9H2,1H3,(H,16,17). The molecule has 0 saturated heterocycles. The predicted octanol–water partition coefficient (Wildman–Crippen LogP) is 2.51. The number of methoxy groups -OCH3 is 1. The number of rotatable bonds is 5. The number of pyridine rings is 1. The van der Waals surface area contributed by atoms with Gasteiger partial charge in [0.05, 0.1) is 13.5 Å². The van der Waals surface area contributed by atoms with E-state index in [-0.39, 0.29) is 6.42 Å². The van der Waals surface area contributed by atoms with Gasteiger partial charge in [-0.25, -0.2) is 0 Å². The van der Waals surface area contributed by atoms with Crippen LogP contribution in [-0.4, -0.2) is 23.2 Å². The van der Waals surface area contributed by atoms with Crippen LogP contribution >= 0.6 is 0 Å². The Morgan fingerprint density at radius 2 is 1.95 bits per heavy atom. The molecule has 0 atom stereocenters. The molecule has 98 valence electrons. The Morgan fingerprint density at radius 1 is 1.21 bits per heavy atom. The molecule has 5 nitrogen and oxygen atoms in total. The van der Waals surface area contributed by atoms with E-state index in [1.165, 1.54) is 7.11 Å². The zero-order chi connectivity index (χ0) is 13.7. The maximum atomic E-state index is 10.7. The Bertz CT molecular complexity index is 583. The van der Waals surface area contributed by atoms with Crippen LogP contribution in [-0.2, 0) is 11.2 Å². The summed E-state index contributed by atoms with van der Waals surface area (Å²) in [5.41, 5.74) is 0.674. The summed E-state index contributed by atoms with van der Waals surface area (Å²) in [5, 5.41) is 8.75. The van der Waals surface area contributed by atoms with E-state index in [1.807, 2.05) is 0 Å². The average Bonchev–Trinajstić information content (AvgIpc) is 2.38. The van der Waals surface area contributed by atoms with E-state index in [0.29, 0.717) is 23.1 Å². The minimum absolute atomic E-state index is 0.0389. The van der Waals surface area contributed by atoms with Crippen LogP contribution < -0.4 is 9.47 Å². The molecule has 0 fully saturated rings. The van der Waals surface area contributed by atoms with Crippen LogP contribution in [0.5, 0.6) is 17.5 Å². The van der Waals surface area contributed by atoms with E-state index in [2.05, 4.69) is 4.98 Å². The van der Waals surface area contributed by atoms with Crippen molar-refractivity contribution in [3.8, 4) is 17.5 Å². The van der Waals surface area contributed by atoms with Gasteiger partial charge in [0.15, 0.2) is 0 Å². The first kappa shape index (κ1) is 12.9. The van der Waals surface area contributed by atoms with Gasteiger partial charge < -0.3 is 14.6 Å². The minimum Gasteiger partial charge on any atom is -0.481 e. The summed E-state index contributed by atoms with van der Waals surface area (Å²) in [6.07, 6.45) is -0.0389. The van der Waals surface area contributed by atoms with Gasteiger partial charge in [0, 0.05) is 12.1 Å². The lowest BCUT2D eigenvalue weighted by Crippen LogP contribution is -2.00. The molecule has 0 radical (unpaired) electrons. The topological polar surface area (TPSA) is 68.7 Å². The lowest BCUT2D eigenvalue weighted by atomic mass is 10.1. The van der Waals surface area contributed by atoms with Crippen LogP contribution in [0.1, 0.15) is 5.56 Å². The van der Waals surface area contributed by atoms with Crippen LogP contribution in [0.3, 0.4) is 0 Å². The summed E-state index contributed by atoms with van der Waals surface area (Å²) in [4.78, 5) is 14.8. The van der Waals surface area contributed by atoms with E-state index in [0.717, 1.165) is 0 Å². The summed E-state index contributed by atoms with van der Waals surface area (Å²) in [5.74, 6) is 0.516. The van der Waals surface area contributed by atoms with Crippen molar-refractivity contribution in [3.05, 3.63) is 48.0 Å². The van der Waals surface area contributed by atoms with Crippen molar-refractivity contribution in [1.29, 1.82) is 0 Å². The number of aromatic nitrogens is 1. The van der Waals surface area contributed by atoms with Crippen molar-refractivity contribution in [3.63, 3.8) is 0 Å². The molecule has 0 aliphatic rings. The second-order valence-corrected chi connectivity index (χ2v) is 3.84. The monoisotopic (exact) mass is 259 g/mol. The molecule has 1 heterocycles. The summed E-state index contributed by atoms with van der Waals surface area (Å²) in [6.45, 7) is 0. The molecule has 2 aromatic rings. The summed E-state index contributed by atoms with van der Waals surface area (Å²) >= 11 is 0. The fourth-order valence-electron chi connectivity index (χ4n) is 1.58. The third-order valence-corrected chi connectivity index (χ3v) is 2.38. The summed E-state index contributed by atoms with van der Waals surface area (Å²) in [6, 6.07) is 12.1. The lowest BCUT2D eigenvalue weighted by molar-refractivity contribution is -0.136. The van der Waals surface area contributed by atoms with E-state index < -0.39 is 5.97 Å². The fraction of sp³-hybridized carbons (Fsp3) is 0.143. The molecule has 19 heavy (non-hydrogen) atoms. The molecule has 0 amide bonds. The van der Waals surface area contributed by atoms with Crippen molar-refractivity contribution in [2.75, 3.05) is 7.11 Å². The van der Waals surface area contributed by atoms with Crippen molar-refractivity contribution >= 4 is 5.97 Å². The number of hydrogen-bond acceptors (Lipinski definition) is 4. The molecular weight excluding hydrogens is 246 g/mol. The molecule has 2 rings (SSSR count). The molecular formula is C14H13NO4. The zero-order valence-electron chi connectivity index (χ0n) is 10.4.